The lowest BCUT2D eigenvalue weighted by atomic mass is 9.85. The molecule has 2 rings (SSSR count). The summed E-state index contributed by atoms with van der Waals surface area (Å²) >= 11 is 0. The molecule has 3 N–H and O–H groups in total. The molecule has 0 saturated heterocycles. The van der Waals surface area contributed by atoms with Gasteiger partial charge in [0.2, 0.25) is 0 Å². The number of aliphatic hydroxyl groups excluding tert-OH is 1. The van der Waals surface area contributed by atoms with Gasteiger partial charge in [0.1, 0.15) is 5.75 Å². The summed E-state index contributed by atoms with van der Waals surface area (Å²) in [5, 5.41) is 9.62. The van der Waals surface area contributed by atoms with E-state index in [1.165, 1.54) is 0 Å². The number of hydrogen-bond acceptors (Lipinski definition) is 3. The Kier molecular flexibility index (Phi) is 2.44. The molecule has 0 bridgehead atoms. The first-order valence-electron chi connectivity index (χ1n) is 4.83. The van der Waals surface area contributed by atoms with Crippen molar-refractivity contribution in [1.82, 2.24) is 0 Å². The van der Waals surface area contributed by atoms with Crippen molar-refractivity contribution in [3.05, 3.63) is 29.3 Å². The van der Waals surface area contributed by atoms with Crippen LogP contribution in [0.1, 0.15) is 23.6 Å². The summed E-state index contributed by atoms with van der Waals surface area (Å²) in [4.78, 5) is 0. The van der Waals surface area contributed by atoms with Crippen LogP contribution in [0.2, 0.25) is 0 Å². The van der Waals surface area contributed by atoms with E-state index in [-0.39, 0.29) is 6.04 Å². The minimum atomic E-state index is -0.422. The fourth-order valence-corrected chi connectivity index (χ4v) is 2.03. The lowest BCUT2D eigenvalue weighted by Crippen LogP contribution is -2.31. The van der Waals surface area contributed by atoms with Crippen LogP contribution in [0.15, 0.2) is 18.2 Å². The van der Waals surface area contributed by atoms with E-state index in [2.05, 4.69) is 0 Å². The number of ether oxygens (including phenoxy) is 1. The molecule has 76 valence electrons. The van der Waals surface area contributed by atoms with E-state index in [0.29, 0.717) is 6.42 Å². The van der Waals surface area contributed by atoms with Gasteiger partial charge in [0.05, 0.1) is 19.3 Å². The van der Waals surface area contributed by atoms with Gasteiger partial charge in [0.15, 0.2) is 0 Å². The second-order valence-electron chi connectivity index (χ2n) is 3.66. The maximum absolute atomic E-state index is 9.62. The minimum absolute atomic E-state index is 0.270. The molecule has 0 aliphatic heterocycles. The first kappa shape index (κ1) is 9.49. The maximum atomic E-state index is 9.62. The zero-order valence-corrected chi connectivity index (χ0v) is 8.23. The Morgan fingerprint density at radius 1 is 1.50 bits per heavy atom. The van der Waals surface area contributed by atoms with Gasteiger partial charge in [-0.3, -0.25) is 0 Å². The predicted octanol–water partition coefficient (Wildman–Crippen LogP) is 1.00. The molecule has 0 unspecified atom stereocenters. The molecule has 0 fully saturated rings. The lowest BCUT2D eigenvalue weighted by Gasteiger charge is -2.28. The van der Waals surface area contributed by atoms with Crippen LogP contribution in [0, 0.1) is 0 Å². The first-order valence-corrected chi connectivity index (χ1v) is 4.83. The molecular formula is C11H15NO2. The van der Waals surface area contributed by atoms with E-state index in [1.54, 1.807) is 7.11 Å². The number of rotatable bonds is 1. The summed E-state index contributed by atoms with van der Waals surface area (Å²) < 4.78 is 5.26. The van der Waals surface area contributed by atoms with Gasteiger partial charge in [-0.25, -0.2) is 0 Å². The van der Waals surface area contributed by atoms with Crippen molar-refractivity contribution in [2.45, 2.75) is 25.0 Å². The molecule has 0 heterocycles. The molecule has 1 aromatic rings. The summed E-state index contributed by atoms with van der Waals surface area (Å²) in [6.07, 6.45) is 1.14. The van der Waals surface area contributed by atoms with Gasteiger partial charge in [-0.05, 0) is 30.0 Å². The third kappa shape index (κ3) is 1.38. The second-order valence-corrected chi connectivity index (χ2v) is 3.66. The molecule has 0 aromatic heterocycles. The summed E-state index contributed by atoms with van der Waals surface area (Å²) in [7, 11) is 1.66. The number of nitrogens with two attached hydrogens (primary N) is 1. The van der Waals surface area contributed by atoms with E-state index in [9.17, 15) is 5.11 Å². The SMILES string of the molecule is COc1cccc2c1CC[C@@H](O)[C@@H]2N. The van der Waals surface area contributed by atoms with Crippen molar-refractivity contribution < 1.29 is 9.84 Å². The molecule has 3 heteroatoms. The highest BCUT2D eigenvalue weighted by molar-refractivity contribution is 5.43. The van der Waals surface area contributed by atoms with Gasteiger partial charge in [0.25, 0.3) is 0 Å². The van der Waals surface area contributed by atoms with Gasteiger partial charge < -0.3 is 15.6 Å². The van der Waals surface area contributed by atoms with Gasteiger partial charge >= 0.3 is 0 Å². The number of aliphatic hydroxyl groups is 1. The fourth-order valence-electron chi connectivity index (χ4n) is 2.03. The highest BCUT2D eigenvalue weighted by atomic mass is 16.5. The van der Waals surface area contributed by atoms with Crippen LogP contribution in [0.25, 0.3) is 0 Å². The summed E-state index contributed by atoms with van der Waals surface area (Å²) in [6.45, 7) is 0. The maximum Gasteiger partial charge on any atom is 0.122 e. The highest BCUT2D eigenvalue weighted by Crippen LogP contribution is 2.33. The Labute approximate surface area is 83.5 Å². The normalized spacial score (nSPS) is 25.6. The van der Waals surface area contributed by atoms with Gasteiger partial charge in [-0.1, -0.05) is 12.1 Å². The monoisotopic (exact) mass is 193 g/mol. The number of fused-ring (bicyclic) bond motifs is 1. The van der Waals surface area contributed by atoms with Crippen LogP contribution < -0.4 is 10.5 Å². The number of hydrogen-bond donors (Lipinski definition) is 2. The smallest absolute Gasteiger partial charge is 0.122 e. The van der Waals surface area contributed by atoms with Gasteiger partial charge in [0, 0.05) is 0 Å². The average molecular weight is 193 g/mol. The van der Waals surface area contributed by atoms with Crippen molar-refractivity contribution in [2.75, 3.05) is 7.11 Å². The average Bonchev–Trinajstić information content (AvgIpc) is 2.23. The molecule has 1 aliphatic carbocycles. The van der Waals surface area contributed by atoms with E-state index in [0.717, 1.165) is 23.3 Å². The zero-order chi connectivity index (χ0) is 10.1. The van der Waals surface area contributed by atoms with Gasteiger partial charge in [-0.2, -0.15) is 0 Å². The largest absolute Gasteiger partial charge is 0.496 e. The number of methoxy groups -OCH3 is 1. The Bertz CT molecular complexity index is 338. The molecule has 0 spiro atoms. The van der Waals surface area contributed by atoms with Crippen LogP contribution in [-0.2, 0) is 6.42 Å². The van der Waals surface area contributed by atoms with Crippen LogP contribution in [0.4, 0.5) is 0 Å². The topological polar surface area (TPSA) is 55.5 Å². The summed E-state index contributed by atoms with van der Waals surface area (Å²) in [6, 6.07) is 5.54. The Balaban J connectivity index is 2.47. The fraction of sp³-hybridized carbons (Fsp3) is 0.455. The minimum Gasteiger partial charge on any atom is -0.496 e. The Morgan fingerprint density at radius 3 is 3.00 bits per heavy atom. The highest BCUT2D eigenvalue weighted by Gasteiger charge is 2.26. The number of benzene rings is 1. The molecule has 0 amide bonds. The van der Waals surface area contributed by atoms with Crippen LogP contribution in [0.3, 0.4) is 0 Å². The molecule has 14 heavy (non-hydrogen) atoms. The molecule has 0 radical (unpaired) electrons. The predicted molar refractivity (Wildman–Crippen MR) is 54.3 cm³/mol. The van der Waals surface area contributed by atoms with E-state index in [1.807, 2.05) is 18.2 Å². The van der Waals surface area contributed by atoms with E-state index >= 15 is 0 Å². The van der Waals surface area contributed by atoms with Crippen LogP contribution in [-0.4, -0.2) is 18.3 Å². The molecule has 0 saturated carbocycles. The summed E-state index contributed by atoms with van der Waals surface area (Å²) in [5.41, 5.74) is 8.07. The van der Waals surface area contributed by atoms with Crippen molar-refractivity contribution >= 4 is 0 Å². The third-order valence-corrected chi connectivity index (χ3v) is 2.85. The molecule has 3 nitrogen and oxygen atoms in total. The standard InChI is InChI=1S/C11H15NO2/c1-14-10-4-2-3-8-7(10)5-6-9(13)11(8)12/h2-4,9,11,13H,5-6,12H2,1H3/t9-,11-/m1/s1. The zero-order valence-electron chi connectivity index (χ0n) is 8.23. The first-order chi connectivity index (χ1) is 6.74. The van der Waals surface area contributed by atoms with Crippen LogP contribution >= 0.6 is 0 Å². The summed E-state index contributed by atoms with van der Waals surface area (Å²) in [5.74, 6) is 0.879. The molecule has 1 aliphatic rings. The van der Waals surface area contributed by atoms with E-state index < -0.39 is 6.10 Å². The van der Waals surface area contributed by atoms with Crippen LogP contribution in [0.5, 0.6) is 5.75 Å². The van der Waals surface area contributed by atoms with Crippen molar-refractivity contribution in [3.8, 4) is 5.75 Å². The molecular weight excluding hydrogens is 178 g/mol. The quantitative estimate of drug-likeness (QED) is 0.699. The third-order valence-electron chi connectivity index (χ3n) is 2.85. The van der Waals surface area contributed by atoms with E-state index in [4.69, 9.17) is 10.5 Å². The van der Waals surface area contributed by atoms with Crippen molar-refractivity contribution in [3.63, 3.8) is 0 Å². The Hall–Kier alpha value is -1.06. The lowest BCUT2D eigenvalue weighted by molar-refractivity contribution is 0.127. The second kappa shape index (κ2) is 3.59. The van der Waals surface area contributed by atoms with Gasteiger partial charge in [-0.15, -0.1) is 0 Å². The van der Waals surface area contributed by atoms with Crippen molar-refractivity contribution in [1.29, 1.82) is 0 Å². The Morgan fingerprint density at radius 2 is 2.29 bits per heavy atom. The molecule has 1 aromatic carbocycles. The van der Waals surface area contributed by atoms with Crippen molar-refractivity contribution in [2.24, 2.45) is 5.73 Å². The molecule has 2 atom stereocenters.